The van der Waals surface area contributed by atoms with E-state index in [0.29, 0.717) is 23.8 Å². The predicted octanol–water partition coefficient (Wildman–Crippen LogP) is 6.93. The zero-order valence-corrected chi connectivity index (χ0v) is 24.5. The Bertz CT molecular complexity index is 1640. The van der Waals surface area contributed by atoms with Crippen molar-refractivity contribution in [2.45, 2.75) is 88.1 Å². The number of allylic oxidation sites excluding steroid dienone is 4. The second-order valence-electron chi connectivity index (χ2n) is 13.9. The fourth-order valence-corrected chi connectivity index (χ4v) is 10.1. The van der Waals surface area contributed by atoms with E-state index in [0.717, 1.165) is 72.7 Å². The van der Waals surface area contributed by atoms with E-state index in [-0.39, 0.29) is 17.2 Å². The van der Waals surface area contributed by atoms with Crippen LogP contribution in [0, 0.1) is 11.3 Å². The van der Waals surface area contributed by atoms with E-state index in [4.69, 9.17) is 9.72 Å². The van der Waals surface area contributed by atoms with E-state index in [2.05, 4.69) is 57.3 Å². The Hall–Kier alpha value is -2.93. The summed E-state index contributed by atoms with van der Waals surface area (Å²) in [4.78, 5) is 14.4. The third kappa shape index (κ3) is 3.58. The maximum Gasteiger partial charge on any atom is 0.139 e. The number of pyridine rings is 1. The third-order valence-corrected chi connectivity index (χ3v) is 11.6. The van der Waals surface area contributed by atoms with Crippen molar-refractivity contribution in [2.75, 3.05) is 19.6 Å². The molecule has 6 heteroatoms. The van der Waals surface area contributed by atoms with Gasteiger partial charge in [-0.05, 0) is 107 Å². The summed E-state index contributed by atoms with van der Waals surface area (Å²) >= 11 is 0. The van der Waals surface area contributed by atoms with Crippen molar-refractivity contribution < 1.29 is 9.84 Å². The summed E-state index contributed by atoms with van der Waals surface area (Å²) in [6, 6.07) is 8.74. The van der Waals surface area contributed by atoms with Crippen LogP contribution in [0.1, 0.15) is 69.9 Å². The van der Waals surface area contributed by atoms with Crippen LogP contribution >= 0.6 is 0 Å². The summed E-state index contributed by atoms with van der Waals surface area (Å²) in [7, 11) is 0. The molecule has 7 atom stereocenters. The van der Waals surface area contributed by atoms with Crippen LogP contribution in [0.5, 0.6) is 5.75 Å². The number of fused-ring (bicyclic) bond motifs is 4. The van der Waals surface area contributed by atoms with Crippen LogP contribution in [0.4, 0.5) is 0 Å². The minimum Gasteiger partial charge on any atom is -0.506 e. The van der Waals surface area contributed by atoms with Gasteiger partial charge in [0.05, 0.1) is 22.8 Å². The van der Waals surface area contributed by atoms with Crippen molar-refractivity contribution >= 4 is 27.4 Å². The zero-order chi connectivity index (χ0) is 27.9. The number of phenolic OH excluding ortho intramolecular Hbond substituents is 1. The van der Waals surface area contributed by atoms with Crippen molar-refractivity contribution in [2.24, 2.45) is 11.3 Å². The Morgan fingerprint density at radius 2 is 1.86 bits per heavy atom. The summed E-state index contributed by atoms with van der Waals surface area (Å²) < 4.78 is 7.43. The SMILES string of the molecule is Oc1cccc2c1[nH]c1c(C3=C[C@]45CC/C=C\CCCCN6CC[C@@H]3[C@]3(C[C@@H]7/C=C\CCC[C@@H](O4)N7[C@H]35)C6)nccc12. The molecule has 5 aliphatic heterocycles. The molecule has 6 nitrogen and oxygen atoms in total. The van der Waals surface area contributed by atoms with Gasteiger partial charge >= 0.3 is 0 Å². The van der Waals surface area contributed by atoms with Crippen molar-refractivity contribution in [1.82, 2.24) is 19.8 Å². The minimum absolute atomic E-state index is 0.117. The summed E-state index contributed by atoms with van der Waals surface area (Å²) in [5.41, 5.74) is 4.07. The Labute approximate surface area is 248 Å². The fraction of sp³-hybridized carbons (Fsp3) is 0.528. The van der Waals surface area contributed by atoms with Gasteiger partial charge in [0.25, 0.3) is 0 Å². The quantitative estimate of drug-likeness (QED) is 0.315. The molecule has 3 aromatic rings. The maximum atomic E-state index is 10.7. The zero-order valence-electron chi connectivity index (χ0n) is 24.5. The van der Waals surface area contributed by atoms with Gasteiger partial charge in [0.1, 0.15) is 17.6 Å². The number of benzene rings is 1. The molecular weight excluding hydrogens is 520 g/mol. The average molecular weight is 563 g/mol. The lowest BCUT2D eigenvalue weighted by molar-refractivity contribution is -0.0733. The number of piperidine rings is 1. The molecule has 3 saturated heterocycles. The van der Waals surface area contributed by atoms with Crippen LogP contribution in [0.2, 0.25) is 0 Å². The van der Waals surface area contributed by atoms with Gasteiger partial charge in [-0.1, -0.05) is 36.4 Å². The topological polar surface area (TPSA) is 64.6 Å². The Balaban J connectivity index is 1.29. The van der Waals surface area contributed by atoms with Crippen LogP contribution in [0.25, 0.3) is 27.4 Å². The van der Waals surface area contributed by atoms with Gasteiger partial charge in [0.15, 0.2) is 0 Å². The predicted molar refractivity (Wildman–Crippen MR) is 167 cm³/mol. The molecule has 1 aliphatic carbocycles. The lowest BCUT2D eigenvalue weighted by Gasteiger charge is -2.56. The van der Waals surface area contributed by atoms with Crippen molar-refractivity contribution in [3.8, 4) is 5.75 Å². The number of aromatic amines is 1. The van der Waals surface area contributed by atoms with Gasteiger partial charge in [-0.25, -0.2) is 0 Å². The Morgan fingerprint density at radius 3 is 2.83 bits per heavy atom. The highest BCUT2D eigenvalue weighted by Crippen LogP contribution is 2.65. The van der Waals surface area contributed by atoms with Crippen LogP contribution in [0.3, 0.4) is 0 Å². The summed E-state index contributed by atoms with van der Waals surface area (Å²) in [5, 5.41) is 12.9. The summed E-state index contributed by atoms with van der Waals surface area (Å²) in [6.45, 7) is 3.49. The normalized spacial score (nSPS) is 39.5. The summed E-state index contributed by atoms with van der Waals surface area (Å²) in [6.07, 6.45) is 26.2. The fourth-order valence-electron chi connectivity index (χ4n) is 10.1. The first-order valence-electron chi connectivity index (χ1n) is 16.5. The molecule has 2 aromatic heterocycles. The average Bonchev–Trinajstić information content (AvgIpc) is 3.63. The molecule has 0 radical (unpaired) electrons. The number of nitrogens with zero attached hydrogens (tertiary/aromatic N) is 3. The first-order valence-corrected chi connectivity index (χ1v) is 16.5. The van der Waals surface area contributed by atoms with Gasteiger partial charge in [-0.2, -0.15) is 0 Å². The van der Waals surface area contributed by atoms with E-state index >= 15 is 0 Å². The van der Waals surface area contributed by atoms with E-state index in [9.17, 15) is 5.11 Å². The van der Waals surface area contributed by atoms with Crippen LogP contribution < -0.4 is 0 Å². The number of ether oxygens (including phenoxy) is 1. The molecule has 3 bridgehead atoms. The van der Waals surface area contributed by atoms with Crippen LogP contribution in [-0.2, 0) is 4.74 Å². The molecule has 3 fully saturated rings. The smallest absolute Gasteiger partial charge is 0.139 e. The van der Waals surface area contributed by atoms with E-state index in [1.165, 1.54) is 44.2 Å². The molecule has 1 aromatic carbocycles. The van der Waals surface area contributed by atoms with Crippen molar-refractivity contribution in [1.29, 1.82) is 0 Å². The highest BCUT2D eigenvalue weighted by molar-refractivity contribution is 6.11. The van der Waals surface area contributed by atoms with E-state index < -0.39 is 0 Å². The lowest BCUT2D eigenvalue weighted by atomic mass is 9.55. The number of aromatic hydroxyl groups is 1. The van der Waals surface area contributed by atoms with Gasteiger partial charge in [0.2, 0.25) is 0 Å². The van der Waals surface area contributed by atoms with Crippen LogP contribution in [0.15, 0.2) is 60.8 Å². The first-order chi connectivity index (χ1) is 20.7. The number of aromatic nitrogens is 2. The molecule has 0 saturated carbocycles. The Kier molecular flexibility index (Phi) is 5.80. The molecule has 42 heavy (non-hydrogen) atoms. The number of nitrogens with one attached hydrogen (secondary N) is 1. The minimum atomic E-state index is -0.331. The first kappa shape index (κ1) is 25.6. The third-order valence-electron chi connectivity index (χ3n) is 11.6. The number of hydrogen-bond acceptors (Lipinski definition) is 5. The van der Waals surface area contributed by atoms with Gasteiger partial charge < -0.3 is 19.7 Å². The number of phenols is 1. The van der Waals surface area contributed by atoms with Gasteiger partial charge in [-0.15, -0.1) is 0 Å². The monoisotopic (exact) mass is 562 g/mol. The Morgan fingerprint density at radius 1 is 0.952 bits per heavy atom. The molecular formula is C36H42N4O2. The second-order valence-corrected chi connectivity index (χ2v) is 13.9. The molecule has 6 aliphatic rings. The van der Waals surface area contributed by atoms with E-state index in [1.54, 1.807) is 6.07 Å². The highest BCUT2D eigenvalue weighted by Gasteiger charge is 2.71. The largest absolute Gasteiger partial charge is 0.506 e. The molecule has 9 rings (SSSR count). The van der Waals surface area contributed by atoms with Crippen molar-refractivity contribution in [3.05, 3.63) is 66.5 Å². The van der Waals surface area contributed by atoms with Crippen LogP contribution in [-0.4, -0.2) is 68.4 Å². The molecule has 7 heterocycles. The maximum absolute atomic E-state index is 10.7. The standard InChI is InChI=1S/C36H42N4O2/c41-29-13-10-12-25-26-15-18-37-32(33(26)38-31(25)29)27-22-36-17-8-3-1-2-4-9-19-39-20-16-28(27)35(23-39)21-24-11-6-5-7-14-30(42-36)40(24)34(35)36/h1,3,6,10-13,15,18,22,24,28,30,34,38,41H,2,4-5,7-9,14,16-17,19-21,23H2/b3-1-,11-6-/t24-,28-,30+,34+,35-,36-/m0/s1. The second kappa shape index (κ2) is 9.54. The highest BCUT2D eigenvalue weighted by atomic mass is 16.5. The molecule has 218 valence electrons. The molecule has 2 N–H and O–H groups in total. The molecule has 0 amide bonds. The number of rotatable bonds is 1. The number of H-pyrrole nitrogens is 1. The van der Waals surface area contributed by atoms with Gasteiger partial charge in [-0.3, -0.25) is 9.88 Å². The van der Waals surface area contributed by atoms with Crippen molar-refractivity contribution in [3.63, 3.8) is 0 Å². The summed E-state index contributed by atoms with van der Waals surface area (Å²) in [5.74, 6) is 0.720. The molecule has 1 unspecified atom stereocenters. The lowest BCUT2D eigenvalue weighted by Crippen LogP contribution is -2.62. The van der Waals surface area contributed by atoms with E-state index in [1.807, 2.05) is 12.3 Å². The number of hydrogen-bond donors (Lipinski definition) is 2. The molecule has 1 spiro atoms. The van der Waals surface area contributed by atoms with Gasteiger partial charge in [0, 0.05) is 35.0 Å². The number of para-hydroxylation sites is 1.